The summed E-state index contributed by atoms with van der Waals surface area (Å²) in [6.07, 6.45) is 4.91. The number of hydrogen-bond donors (Lipinski definition) is 0. The Kier molecular flexibility index (Phi) is 7.86. The summed E-state index contributed by atoms with van der Waals surface area (Å²) in [6, 6.07) is 17.7. The SMILES string of the molecule is CCCCCCOCCOc1ccc(-c2ccc(C#N)cc2)cc1. The number of rotatable bonds is 10. The summed E-state index contributed by atoms with van der Waals surface area (Å²) in [5.41, 5.74) is 2.88. The van der Waals surface area contributed by atoms with Crippen LogP contribution in [0.25, 0.3) is 11.1 Å². The molecular weight excluding hydrogens is 298 g/mol. The maximum atomic E-state index is 8.83. The summed E-state index contributed by atoms with van der Waals surface area (Å²) in [4.78, 5) is 0. The quantitative estimate of drug-likeness (QED) is 0.564. The monoisotopic (exact) mass is 323 g/mol. The molecule has 0 aromatic heterocycles. The fourth-order valence-electron chi connectivity index (χ4n) is 2.43. The van der Waals surface area contributed by atoms with Crippen LogP contribution in [0.3, 0.4) is 0 Å². The molecule has 0 amide bonds. The third-order valence-corrected chi connectivity index (χ3v) is 3.84. The molecule has 24 heavy (non-hydrogen) atoms. The second kappa shape index (κ2) is 10.5. The molecule has 0 fully saturated rings. The minimum atomic E-state index is 0.573. The molecule has 3 heteroatoms. The topological polar surface area (TPSA) is 42.2 Å². The summed E-state index contributed by atoms with van der Waals surface area (Å²) in [6.45, 7) is 4.23. The predicted molar refractivity (Wildman–Crippen MR) is 97.0 cm³/mol. The van der Waals surface area contributed by atoms with E-state index in [1.807, 2.05) is 48.5 Å². The second-order valence-electron chi connectivity index (χ2n) is 5.74. The van der Waals surface area contributed by atoms with Crippen molar-refractivity contribution < 1.29 is 9.47 Å². The third kappa shape index (κ3) is 6.06. The van der Waals surface area contributed by atoms with Gasteiger partial charge in [-0.2, -0.15) is 5.26 Å². The zero-order chi connectivity index (χ0) is 17.0. The van der Waals surface area contributed by atoms with Crippen molar-refractivity contribution in [2.45, 2.75) is 32.6 Å². The molecule has 0 radical (unpaired) electrons. The van der Waals surface area contributed by atoms with Crippen molar-refractivity contribution in [2.75, 3.05) is 19.8 Å². The molecule has 0 unspecified atom stereocenters. The minimum absolute atomic E-state index is 0.573. The smallest absolute Gasteiger partial charge is 0.119 e. The molecule has 0 saturated carbocycles. The Hall–Kier alpha value is -2.31. The fraction of sp³-hybridized carbons (Fsp3) is 0.381. The number of nitrogens with zero attached hydrogens (tertiary/aromatic N) is 1. The van der Waals surface area contributed by atoms with E-state index in [1.165, 1.54) is 19.3 Å². The van der Waals surface area contributed by atoms with Crippen LogP contribution in [-0.4, -0.2) is 19.8 Å². The van der Waals surface area contributed by atoms with E-state index >= 15 is 0 Å². The first-order valence-electron chi connectivity index (χ1n) is 8.64. The van der Waals surface area contributed by atoms with Crippen LogP contribution in [0.2, 0.25) is 0 Å². The summed E-state index contributed by atoms with van der Waals surface area (Å²) in [7, 11) is 0. The minimum Gasteiger partial charge on any atom is -0.491 e. The van der Waals surface area contributed by atoms with Gasteiger partial charge >= 0.3 is 0 Å². The molecule has 0 atom stereocenters. The van der Waals surface area contributed by atoms with E-state index in [2.05, 4.69) is 13.0 Å². The van der Waals surface area contributed by atoms with Crippen LogP contribution >= 0.6 is 0 Å². The maximum absolute atomic E-state index is 8.83. The molecule has 0 aliphatic carbocycles. The highest BCUT2D eigenvalue weighted by Gasteiger charge is 2.00. The van der Waals surface area contributed by atoms with Crippen LogP contribution in [0.15, 0.2) is 48.5 Å². The van der Waals surface area contributed by atoms with E-state index < -0.39 is 0 Å². The summed E-state index contributed by atoms with van der Waals surface area (Å²) < 4.78 is 11.3. The lowest BCUT2D eigenvalue weighted by atomic mass is 10.0. The number of unbranched alkanes of at least 4 members (excludes halogenated alkanes) is 3. The summed E-state index contributed by atoms with van der Waals surface area (Å²) in [5, 5.41) is 8.83. The van der Waals surface area contributed by atoms with Crippen LogP contribution in [0.4, 0.5) is 0 Å². The van der Waals surface area contributed by atoms with Crippen LogP contribution in [0.5, 0.6) is 5.75 Å². The Morgan fingerprint density at radius 1 is 0.792 bits per heavy atom. The second-order valence-corrected chi connectivity index (χ2v) is 5.74. The van der Waals surface area contributed by atoms with Gasteiger partial charge in [-0.3, -0.25) is 0 Å². The van der Waals surface area contributed by atoms with Gasteiger partial charge in [0.25, 0.3) is 0 Å². The summed E-state index contributed by atoms with van der Waals surface area (Å²) in [5.74, 6) is 0.849. The van der Waals surface area contributed by atoms with Crippen LogP contribution in [0.1, 0.15) is 38.2 Å². The number of benzene rings is 2. The molecule has 3 nitrogen and oxygen atoms in total. The zero-order valence-corrected chi connectivity index (χ0v) is 14.3. The van der Waals surface area contributed by atoms with Gasteiger partial charge in [-0.05, 0) is 41.8 Å². The van der Waals surface area contributed by atoms with Crippen molar-refractivity contribution in [3.05, 3.63) is 54.1 Å². The van der Waals surface area contributed by atoms with E-state index in [0.29, 0.717) is 18.8 Å². The molecule has 2 aromatic rings. The Morgan fingerprint density at radius 3 is 2.08 bits per heavy atom. The predicted octanol–water partition coefficient (Wildman–Crippen LogP) is 5.20. The Bertz CT molecular complexity index is 626. The maximum Gasteiger partial charge on any atom is 0.119 e. The van der Waals surface area contributed by atoms with E-state index in [0.717, 1.165) is 29.9 Å². The average Bonchev–Trinajstić information content (AvgIpc) is 2.64. The van der Waals surface area contributed by atoms with Gasteiger partial charge in [0.05, 0.1) is 18.2 Å². The summed E-state index contributed by atoms with van der Waals surface area (Å²) >= 11 is 0. The highest BCUT2D eigenvalue weighted by Crippen LogP contribution is 2.22. The highest BCUT2D eigenvalue weighted by atomic mass is 16.5. The first kappa shape index (κ1) is 18.0. The molecule has 2 rings (SSSR count). The van der Waals surface area contributed by atoms with Gasteiger partial charge in [-0.1, -0.05) is 50.5 Å². The van der Waals surface area contributed by atoms with Crippen LogP contribution in [-0.2, 0) is 4.74 Å². The van der Waals surface area contributed by atoms with Gasteiger partial charge < -0.3 is 9.47 Å². The van der Waals surface area contributed by atoms with Crippen molar-refractivity contribution >= 4 is 0 Å². The first-order chi connectivity index (χ1) is 11.8. The van der Waals surface area contributed by atoms with Crippen molar-refractivity contribution in [1.29, 1.82) is 5.26 Å². The largest absolute Gasteiger partial charge is 0.491 e. The Balaban J connectivity index is 1.71. The highest BCUT2D eigenvalue weighted by molar-refractivity contribution is 5.64. The van der Waals surface area contributed by atoms with E-state index in [9.17, 15) is 0 Å². The lowest BCUT2D eigenvalue weighted by Crippen LogP contribution is -2.07. The van der Waals surface area contributed by atoms with Crippen LogP contribution in [0, 0.1) is 11.3 Å². The Labute approximate surface area is 144 Å². The number of nitriles is 1. The van der Waals surface area contributed by atoms with Gasteiger partial charge in [-0.15, -0.1) is 0 Å². The lowest BCUT2D eigenvalue weighted by molar-refractivity contribution is 0.0971. The molecule has 0 bridgehead atoms. The van der Waals surface area contributed by atoms with Crippen molar-refractivity contribution in [3.8, 4) is 22.9 Å². The normalized spacial score (nSPS) is 10.3. The van der Waals surface area contributed by atoms with Crippen molar-refractivity contribution in [1.82, 2.24) is 0 Å². The van der Waals surface area contributed by atoms with Crippen molar-refractivity contribution in [3.63, 3.8) is 0 Å². The molecule has 0 saturated heterocycles. The van der Waals surface area contributed by atoms with E-state index in [-0.39, 0.29) is 0 Å². The molecule has 0 aliphatic rings. The fourth-order valence-corrected chi connectivity index (χ4v) is 2.43. The van der Waals surface area contributed by atoms with Gasteiger partial charge in [0, 0.05) is 6.61 Å². The van der Waals surface area contributed by atoms with E-state index in [4.69, 9.17) is 14.7 Å². The molecule has 0 aliphatic heterocycles. The van der Waals surface area contributed by atoms with Gasteiger partial charge in [-0.25, -0.2) is 0 Å². The van der Waals surface area contributed by atoms with Gasteiger partial charge in [0.2, 0.25) is 0 Å². The lowest BCUT2D eigenvalue weighted by Gasteiger charge is -2.08. The third-order valence-electron chi connectivity index (χ3n) is 3.84. The molecule has 0 N–H and O–H groups in total. The van der Waals surface area contributed by atoms with Gasteiger partial charge in [0.1, 0.15) is 12.4 Å². The van der Waals surface area contributed by atoms with Gasteiger partial charge in [0.15, 0.2) is 0 Å². The number of ether oxygens (including phenoxy) is 2. The van der Waals surface area contributed by atoms with Crippen LogP contribution < -0.4 is 4.74 Å². The first-order valence-corrected chi connectivity index (χ1v) is 8.64. The average molecular weight is 323 g/mol. The molecule has 0 spiro atoms. The molecule has 0 heterocycles. The zero-order valence-electron chi connectivity index (χ0n) is 14.3. The number of hydrogen-bond acceptors (Lipinski definition) is 3. The van der Waals surface area contributed by atoms with E-state index in [1.54, 1.807) is 0 Å². The molecule has 126 valence electrons. The Morgan fingerprint density at radius 2 is 1.46 bits per heavy atom. The molecule has 2 aromatic carbocycles. The van der Waals surface area contributed by atoms with Crippen molar-refractivity contribution in [2.24, 2.45) is 0 Å². The molecular formula is C21H25NO2. The standard InChI is InChI=1S/C21H25NO2/c1-2-3-4-5-14-23-15-16-24-21-12-10-20(11-13-21)19-8-6-18(17-22)7-9-19/h6-13H,2-5,14-16H2,1H3.